The van der Waals surface area contributed by atoms with Crippen LogP contribution in [-0.4, -0.2) is 37.4 Å². The molecule has 0 aromatic carbocycles. The molecule has 9 heteroatoms. The molecular weight excluding hydrogens is 368 g/mol. The molecule has 0 atom stereocenters. The van der Waals surface area contributed by atoms with Gasteiger partial charge in [0, 0.05) is 17.3 Å². The molecule has 0 aliphatic rings. The van der Waals surface area contributed by atoms with Crippen LogP contribution in [0.4, 0.5) is 0 Å². The van der Waals surface area contributed by atoms with E-state index in [2.05, 4.69) is 15.2 Å². The quantitative estimate of drug-likeness (QED) is 0.536. The number of carbonyl (C=O) groups excluding carboxylic acids is 1. The van der Waals surface area contributed by atoms with E-state index >= 15 is 0 Å². The number of nitrogens with zero attached hydrogens (tertiary/aromatic N) is 4. The lowest BCUT2D eigenvalue weighted by Crippen LogP contribution is -2.02. The molecule has 0 aliphatic heterocycles. The van der Waals surface area contributed by atoms with E-state index in [1.165, 1.54) is 0 Å². The van der Waals surface area contributed by atoms with Gasteiger partial charge in [0.2, 0.25) is 5.88 Å². The first-order valence-electron chi connectivity index (χ1n) is 8.27. The maximum absolute atomic E-state index is 11.9. The molecule has 4 rings (SSSR count). The molecule has 0 saturated carbocycles. The molecule has 0 spiro atoms. The van der Waals surface area contributed by atoms with Crippen LogP contribution >= 0.6 is 11.3 Å². The van der Waals surface area contributed by atoms with Crippen LogP contribution < -0.4 is 0 Å². The summed E-state index contributed by atoms with van der Waals surface area (Å²) in [5.41, 5.74) is 4.17. The smallest absolute Gasteiger partial charge is 0.353 e. The number of carbonyl (C=O) groups is 1. The van der Waals surface area contributed by atoms with Crippen molar-refractivity contribution >= 4 is 22.8 Å². The van der Waals surface area contributed by atoms with Crippen molar-refractivity contribution in [2.45, 2.75) is 20.8 Å². The van der Waals surface area contributed by atoms with E-state index in [-0.39, 0.29) is 17.4 Å². The molecule has 0 fully saturated rings. The average Bonchev–Trinajstić information content (AvgIpc) is 3.32. The highest BCUT2D eigenvalue weighted by Crippen LogP contribution is 2.35. The Morgan fingerprint density at radius 3 is 2.93 bits per heavy atom. The summed E-state index contributed by atoms with van der Waals surface area (Å²) in [4.78, 5) is 16.1. The summed E-state index contributed by atoms with van der Waals surface area (Å²) in [5.74, 6) is -0.197. The minimum Gasteiger partial charge on any atom is -0.492 e. The lowest BCUT2D eigenvalue weighted by molar-refractivity contribution is 0.0528. The number of pyridine rings is 1. The normalized spacial score (nSPS) is 11.2. The summed E-state index contributed by atoms with van der Waals surface area (Å²) in [6, 6.07) is 3.73. The fourth-order valence-corrected chi connectivity index (χ4v) is 3.79. The minimum absolute atomic E-state index is 0.0891. The van der Waals surface area contributed by atoms with Gasteiger partial charge in [0.25, 0.3) is 0 Å². The van der Waals surface area contributed by atoms with Gasteiger partial charge in [-0.25, -0.2) is 14.3 Å². The van der Waals surface area contributed by atoms with Crippen molar-refractivity contribution < 1.29 is 19.2 Å². The van der Waals surface area contributed by atoms with Crippen molar-refractivity contribution in [1.82, 2.24) is 19.8 Å². The molecule has 0 saturated heterocycles. The second-order valence-electron chi connectivity index (χ2n) is 5.89. The highest BCUT2D eigenvalue weighted by atomic mass is 32.1. The third-order valence-electron chi connectivity index (χ3n) is 4.14. The zero-order chi connectivity index (χ0) is 19.1. The molecular formula is C18H16N4O4S. The Morgan fingerprint density at radius 2 is 2.22 bits per heavy atom. The van der Waals surface area contributed by atoms with E-state index in [9.17, 15) is 9.90 Å². The van der Waals surface area contributed by atoms with Crippen molar-refractivity contribution in [2.24, 2.45) is 0 Å². The topological polar surface area (TPSA) is 103 Å². The first-order chi connectivity index (χ1) is 13.0. The van der Waals surface area contributed by atoms with E-state index in [0.29, 0.717) is 10.8 Å². The van der Waals surface area contributed by atoms with Crippen molar-refractivity contribution in [3.05, 3.63) is 40.9 Å². The second-order valence-corrected chi connectivity index (χ2v) is 6.89. The van der Waals surface area contributed by atoms with E-state index in [1.54, 1.807) is 23.8 Å². The Bertz CT molecular complexity index is 1140. The zero-order valence-electron chi connectivity index (χ0n) is 14.9. The van der Waals surface area contributed by atoms with E-state index in [0.717, 1.165) is 39.2 Å². The fraction of sp³-hybridized carbons (Fsp3) is 0.222. The van der Waals surface area contributed by atoms with Gasteiger partial charge in [-0.15, -0.1) is 11.3 Å². The van der Waals surface area contributed by atoms with Crippen LogP contribution in [0.15, 0.2) is 29.0 Å². The summed E-state index contributed by atoms with van der Waals surface area (Å²) in [7, 11) is 0. The first-order valence-corrected chi connectivity index (χ1v) is 9.09. The molecule has 0 amide bonds. The number of rotatable bonds is 4. The van der Waals surface area contributed by atoms with E-state index < -0.39 is 5.97 Å². The van der Waals surface area contributed by atoms with Crippen molar-refractivity contribution in [3.63, 3.8) is 0 Å². The Hall–Kier alpha value is -3.20. The Kier molecular flexibility index (Phi) is 4.15. The molecule has 4 heterocycles. The van der Waals surface area contributed by atoms with Gasteiger partial charge in [-0.2, -0.15) is 5.10 Å². The predicted molar refractivity (Wildman–Crippen MR) is 98.9 cm³/mol. The van der Waals surface area contributed by atoms with Crippen LogP contribution in [0.1, 0.15) is 28.0 Å². The summed E-state index contributed by atoms with van der Waals surface area (Å²) in [6.45, 7) is 5.67. The van der Waals surface area contributed by atoms with Gasteiger partial charge in [-0.1, -0.05) is 5.16 Å². The largest absolute Gasteiger partial charge is 0.492 e. The number of esters is 1. The van der Waals surface area contributed by atoms with Gasteiger partial charge in [-0.3, -0.25) is 0 Å². The Balaban J connectivity index is 1.82. The fourth-order valence-electron chi connectivity index (χ4n) is 2.94. The van der Waals surface area contributed by atoms with Crippen LogP contribution in [0.5, 0.6) is 5.88 Å². The molecule has 27 heavy (non-hydrogen) atoms. The molecule has 0 unspecified atom stereocenters. The monoisotopic (exact) mass is 384 g/mol. The predicted octanol–water partition coefficient (Wildman–Crippen LogP) is 3.61. The molecule has 138 valence electrons. The van der Waals surface area contributed by atoms with Crippen LogP contribution in [0.3, 0.4) is 0 Å². The number of hydrogen-bond donors (Lipinski definition) is 1. The van der Waals surface area contributed by atoms with Gasteiger partial charge in [0.15, 0.2) is 4.88 Å². The van der Waals surface area contributed by atoms with Crippen LogP contribution in [0, 0.1) is 13.8 Å². The van der Waals surface area contributed by atoms with Crippen LogP contribution in [0.2, 0.25) is 0 Å². The first kappa shape index (κ1) is 17.2. The Morgan fingerprint density at radius 1 is 1.41 bits per heavy atom. The Labute approximate surface area is 158 Å². The molecule has 0 bridgehead atoms. The SMILES string of the molecule is CCOC(=O)c1sc(-c2ccn3ncc(-c4c(C)noc4C)c3c2)nc1O. The van der Waals surface area contributed by atoms with Crippen LogP contribution in [0.25, 0.3) is 27.2 Å². The number of aromatic hydroxyl groups is 1. The number of aryl methyl sites for hydroxylation is 2. The van der Waals surface area contributed by atoms with Gasteiger partial charge in [-0.05, 0) is 32.9 Å². The number of hydrogen-bond acceptors (Lipinski definition) is 8. The molecule has 4 aromatic heterocycles. The molecule has 0 radical (unpaired) electrons. The van der Waals surface area contributed by atoms with Gasteiger partial charge >= 0.3 is 5.97 Å². The van der Waals surface area contributed by atoms with Crippen molar-refractivity contribution in [3.8, 4) is 27.6 Å². The maximum atomic E-state index is 11.9. The highest BCUT2D eigenvalue weighted by molar-refractivity contribution is 7.17. The zero-order valence-corrected chi connectivity index (χ0v) is 15.7. The number of fused-ring (bicyclic) bond motifs is 1. The lowest BCUT2D eigenvalue weighted by atomic mass is 10.1. The van der Waals surface area contributed by atoms with Gasteiger partial charge in [0.05, 0.1) is 29.6 Å². The van der Waals surface area contributed by atoms with Crippen LogP contribution in [-0.2, 0) is 4.74 Å². The van der Waals surface area contributed by atoms with Gasteiger partial charge in [0.1, 0.15) is 10.8 Å². The van der Waals surface area contributed by atoms with Crippen molar-refractivity contribution in [2.75, 3.05) is 6.61 Å². The van der Waals surface area contributed by atoms with E-state index in [4.69, 9.17) is 9.26 Å². The molecule has 0 aliphatic carbocycles. The highest BCUT2D eigenvalue weighted by Gasteiger charge is 2.21. The summed E-state index contributed by atoms with van der Waals surface area (Å²) in [5, 5.41) is 18.9. The molecule has 1 N–H and O–H groups in total. The molecule has 4 aromatic rings. The van der Waals surface area contributed by atoms with Crippen molar-refractivity contribution in [1.29, 1.82) is 0 Å². The molecule has 8 nitrogen and oxygen atoms in total. The summed E-state index contributed by atoms with van der Waals surface area (Å²) in [6.07, 6.45) is 3.56. The number of ether oxygens (including phenoxy) is 1. The lowest BCUT2D eigenvalue weighted by Gasteiger charge is -2.01. The number of thiazole rings is 1. The minimum atomic E-state index is -0.583. The third-order valence-corrected chi connectivity index (χ3v) is 5.21. The standard InChI is InChI=1S/C18H16N4O4S/c1-4-25-18(24)15-16(23)20-17(27-15)11-5-6-22-13(7-11)12(8-19-22)14-9(2)21-26-10(14)3/h5-8,23H,4H2,1-3H3. The number of aromatic nitrogens is 4. The van der Waals surface area contributed by atoms with Gasteiger partial charge < -0.3 is 14.4 Å². The average molecular weight is 384 g/mol. The maximum Gasteiger partial charge on any atom is 0.353 e. The second kappa shape index (κ2) is 6.51. The third kappa shape index (κ3) is 2.85. The summed E-state index contributed by atoms with van der Waals surface area (Å²) >= 11 is 1.09. The summed E-state index contributed by atoms with van der Waals surface area (Å²) < 4.78 is 12.0. The van der Waals surface area contributed by atoms with E-state index in [1.807, 2.05) is 26.0 Å².